The van der Waals surface area contributed by atoms with E-state index in [1.165, 1.54) is 0 Å². The molecule has 6 nitrogen and oxygen atoms in total. The molecule has 4 rings (SSSR count). The van der Waals surface area contributed by atoms with Crippen molar-refractivity contribution in [2.24, 2.45) is 0 Å². The highest BCUT2D eigenvalue weighted by Crippen LogP contribution is 2.25. The molecule has 1 saturated heterocycles. The number of hydrogen-bond donors (Lipinski definition) is 1. The summed E-state index contributed by atoms with van der Waals surface area (Å²) in [7, 11) is 0. The Morgan fingerprint density at radius 3 is 2.61 bits per heavy atom. The number of para-hydroxylation sites is 1. The first-order valence-corrected chi connectivity index (χ1v) is 8.98. The van der Waals surface area contributed by atoms with Crippen LogP contribution in [0, 0.1) is 11.3 Å². The molecule has 0 saturated carbocycles. The van der Waals surface area contributed by atoms with Gasteiger partial charge >= 0.3 is 6.03 Å². The van der Waals surface area contributed by atoms with Crippen molar-refractivity contribution in [3.05, 3.63) is 76.6 Å². The Balaban J connectivity index is 1.65. The maximum Gasteiger partial charge on any atom is 0.329 e. The molecule has 2 aromatic carbocycles. The second kappa shape index (κ2) is 7.22. The van der Waals surface area contributed by atoms with Crippen molar-refractivity contribution in [3.63, 3.8) is 0 Å². The third kappa shape index (κ3) is 3.24. The van der Waals surface area contributed by atoms with E-state index in [2.05, 4.69) is 11.4 Å². The molecule has 1 aromatic heterocycles. The zero-order chi connectivity index (χ0) is 19.7. The van der Waals surface area contributed by atoms with Gasteiger partial charge in [-0.25, -0.2) is 4.79 Å². The van der Waals surface area contributed by atoms with Gasteiger partial charge in [0.05, 0.1) is 12.6 Å². The Kier molecular flexibility index (Phi) is 4.60. The van der Waals surface area contributed by atoms with Crippen molar-refractivity contribution in [2.75, 3.05) is 0 Å². The highest BCUT2D eigenvalue weighted by Gasteiger charge is 2.33. The quantitative estimate of drug-likeness (QED) is 0.542. The largest absolute Gasteiger partial charge is 0.333 e. The van der Waals surface area contributed by atoms with Crippen LogP contribution >= 0.6 is 11.6 Å². The lowest BCUT2D eigenvalue weighted by Gasteiger charge is -2.11. The number of fused-ring (bicyclic) bond motifs is 1. The number of aromatic nitrogens is 1. The molecular weight excluding hydrogens is 376 g/mol. The normalized spacial score (nSPS) is 15.3. The van der Waals surface area contributed by atoms with Crippen LogP contribution in [0.2, 0.25) is 5.02 Å². The number of imide groups is 1. The highest BCUT2D eigenvalue weighted by molar-refractivity contribution is 6.30. The summed E-state index contributed by atoms with van der Waals surface area (Å²) in [5.41, 5.74) is 2.67. The first kappa shape index (κ1) is 17.8. The fourth-order valence-corrected chi connectivity index (χ4v) is 3.37. The lowest BCUT2D eigenvalue weighted by molar-refractivity contribution is -0.123. The SMILES string of the molecule is N#CCn1cc(/C=C2\NC(=O)N(Cc3ccc(Cl)cc3)C2=O)c2ccccc21. The van der Waals surface area contributed by atoms with Crippen LogP contribution in [0.15, 0.2) is 60.4 Å². The molecule has 1 aliphatic rings. The molecule has 3 amide bonds. The number of carbonyl (C=O) groups excluding carboxylic acids is 2. The zero-order valence-electron chi connectivity index (χ0n) is 14.7. The van der Waals surface area contributed by atoms with E-state index in [9.17, 15) is 9.59 Å². The van der Waals surface area contributed by atoms with E-state index in [4.69, 9.17) is 16.9 Å². The number of amides is 3. The number of halogens is 1. The van der Waals surface area contributed by atoms with Crippen molar-refractivity contribution in [2.45, 2.75) is 13.1 Å². The van der Waals surface area contributed by atoms with Crippen LogP contribution in [0.25, 0.3) is 17.0 Å². The summed E-state index contributed by atoms with van der Waals surface area (Å²) >= 11 is 5.88. The van der Waals surface area contributed by atoms with Gasteiger partial charge in [0.25, 0.3) is 5.91 Å². The Bertz CT molecular complexity index is 1160. The van der Waals surface area contributed by atoms with E-state index < -0.39 is 11.9 Å². The molecule has 0 radical (unpaired) electrons. The van der Waals surface area contributed by atoms with E-state index in [1.807, 2.05) is 35.0 Å². The molecule has 3 aromatic rings. The summed E-state index contributed by atoms with van der Waals surface area (Å²) in [5.74, 6) is -0.392. The van der Waals surface area contributed by atoms with Gasteiger partial charge in [0.1, 0.15) is 12.2 Å². The molecule has 0 unspecified atom stereocenters. The minimum Gasteiger partial charge on any atom is -0.333 e. The number of rotatable bonds is 4. The Morgan fingerprint density at radius 2 is 1.86 bits per heavy atom. The van der Waals surface area contributed by atoms with Gasteiger partial charge in [-0.1, -0.05) is 41.9 Å². The fourth-order valence-electron chi connectivity index (χ4n) is 3.24. The van der Waals surface area contributed by atoms with Gasteiger partial charge in [0, 0.05) is 27.7 Å². The average Bonchev–Trinajstić information content (AvgIpc) is 3.17. The minimum absolute atomic E-state index is 0.162. The third-order valence-electron chi connectivity index (χ3n) is 4.58. The molecule has 0 spiro atoms. The zero-order valence-corrected chi connectivity index (χ0v) is 15.5. The summed E-state index contributed by atoms with van der Waals surface area (Å²) in [4.78, 5) is 26.2. The minimum atomic E-state index is -0.466. The van der Waals surface area contributed by atoms with Crippen molar-refractivity contribution in [3.8, 4) is 6.07 Å². The summed E-state index contributed by atoms with van der Waals surface area (Å²) < 4.78 is 1.81. The number of hydrogen-bond acceptors (Lipinski definition) is 3. The average molecular weight is 391 g/mol. The van der Waals surface area contributed by atoms with Crippen LogP contribution < -0.4 is 5.32 Å². The smallest absolute Gasteiger partial charge is 0.329 e. The van der Waals surface area contributed by atoms with Gasteiger partial charge in [-0.15, -0.1) is 0 Å². The molecule has 0 aliphatic carbocycles. The van der Waals surface area contributed by atoms with Gasteiger partial charge in [0.2, 0.25) is 0 Å². The van der Waals surface area contributed by atoms with Crippen LogP contribution in [0.4, 0.5) is 4.79 Å². The van der Waals surface area contributed by atoms with Crippen molar-refractivity contribution in [1.29, 1.82) is 5.26 Å². The molecule has 1 aliphatic heterocycles. The predicted octanol–water partition coefficient (Wildman–Crippen LogP) is 3.91. The summed E-state index contributed by atoms with van der Waals surface area (Å²) in [5, 5.41) is 13.2. The van der Waals surface area contributed by atoms with E-state index in [0.29, 0.717) is 5.02 Å². The Labute approximate surface area is 166 Å². The maximum absolute atomic E-state index is 12.7. The number of benzene rings is 2. The van der Waals surface area contributed by atoms with Gasteiger partial charge in [-0.3, -0.25) is 9.69 Å². The number of carbonyl (C=O) groups is 2. The monoisotopic (exact) mass is 390 g/mol. The van der Waals surface area contributed by atoms with Gasteiger partial charge in [0.15, 0.2) is 0 Å². The topological polar surface area (TPSA) is 78.1 Å². The Hall–Kier alpha value is -3.56. The Morgan fingerprint density at radius 1 is 1.11 bits per heavy atom. The molecule has 138 valence electrons. The van der Waals surface area contributed by atoms with Crippen LogP contribution in [0.5, 0.6) is 0 Å². The molecule has 2 heterocycles. The van der Waals surface area contributed by atoms with Crippen LogP contribution in [0.1, 0.15) is 11.1 Å². The summed E-state index contributed by atoms with van der Waals surface area (Å²) in [6.45, 7) is 0.363. The molecule has 7 heteroatoms. The first-order chi connectivity index (χ1) is 13.6. The number of nitrogens with zero attached hydrogens (tertiary/aromatic N) is 3. The highest BCUT2D eigenvalue weighted by atomic mass is 35.5. The fraction of sp³-hybridized carbons (Fsp3) is 0.0952. The van der Waals surface area contributed by atoms with E-state index >= 15 is 0 Å². The van der Waals surface area contributed by atoms with Crippen molar-refractivity contribution >= 4 is 40.5 Å². The van der Waals surface area contributed by atoms with Gasteiger partial charge in [-0.2, -0.15) is 5.26 Å². The van der Waals surface area contributed by atoms with Crippen LogP contribution in [-0.4, -0.2) is 21.4 Å². The summed E-state index contributed by atoms with van der Waals surface area (Å²) in [6.07, 6.45) is 3.46. The standard InChI is InChI=1S/C21H15ClN4O2/c22-16-7-5-14(6-8-16)12-26-20(27)18(24-21(26)28)11-15-13-25(10-9-23)19-4-2-1-3-17(15)19/h1-8,11,13H,10,12H2,(H,24,28)/b18-11-. The number of nitriles is 1. The number of nitrogens with one attached hydrogen (secondary N) is 1. The lowest BCUT2D eigenvalue weighted by Crippen LogP contribution is -2.30. The molecule has 1 fully saturated rings. The van der Waals surface area contributed by atoms with E-state index in [1.54, 1.807) is 30.3 Å². The van der Waals surface area contributed by atoms with Crippen LogP contribution in [0.3, 0.4) is 0 Å². The van der Waals surface area contributed by atoms with Crippen molar-refractivity contribution < 1.29 is 9.59 Å². The third-order valence-corrected chi connectivity index (χ3v) is 4.83. The van der Waals surface area contributed by atoms with Gasteiger partial charge in [-0.05, 0) is 29.8 Å². The number of urea groups is 1. The second-order valence-corrected chi connectivity index (χ2v) is 6.83. The molecule has 0 bridgehead atoms. The lowest BCUT2D eigenvalue weighted by atomic mass is 10.1. The summed E-state index contributed by atoms with van der Waals surface area (Å²) in [6, 6.07) is 16.3. The van der Waals surface area contributed by atoms with E-state index in [0.717, 1.165) is 26.9 Å². The maximum atomic E-state index is 12.7. The van der Waals surface area contributed by atoms with Crippen molar-refractivity contribution in [1.82, 2.24) is 14.8 Å². The first-order valence-electron chi connectivity index (χ1n) is 8.60. The van der Waals surface area contributed by atoms with Gasteiger partial charge < -0.3 is 9.88 Å². The van der Waals surface area contributed by atoms with E-state index in [-0.39, 0.29) is 18.8 Å². The predicted molar refractivity (Wildman–Crippen MR) is 106 cm³/mol. The second-order valence-electron chi connectivity index (χ2n) is 6.39. The van der Waals surface area contributed by atoms with Crippen LogP contribution in [-0.2, 0) is 17.9 Å². The molecule has 1 N–H and O–H groups in total. The molecule has 0 atom stereocenters. The molecular formula is C21H15ClN4O2. The molecule has 28 heavy (non-hydrogen) atoms.